The number of aromatic nitrogens is 2. The quantitative estimate of drug-likeness (QED) is 0.798. The predicted octanol–water partition coefficient (Wildman–Crippen LogP) is 3.02. The van der Waals surface area contributed by atoms with Gasteiger partial charge in [-0.05, 0) is 45.9 Å². The average molecular weight is 270 g/mol. The molecular formula is C12H6N4S2. The number of hydrogen-bond acceptors (Lipinski definition) is 6. The van der Waals surface area contributed by atoms with Crippen LogP contribution in [-0.4, -0.2) is 9.97 Å². The van der Waals surface area contributed by atoms with Crippen LogP contribution in [-0.2, 0) is 0 Å². The van der Waals surface area contributed by atoms with Gasteiger partial charge in [0.15, 0.2) is 11.4 Å². The van der Waals surface area contributed by atoms with Gasteiger partial charge in [-0.2, -0.15) is 10.5 Å². The molecule has 6 heteroatoms. The van der Waals surface area contributed by atoms with Crippen LogP contribution in [0.3, 0.4) is 0 Å². The summed E-state index contributed by atoms with van der Waals surface area (Å²) in [4.78, 5) is 9.50. The molecule has 0 unspecified atom stereocenters. The Morgan fingerprint density at radius 2 is 1.28 bits per heavy atom. The molecule has 0 N–H and O–H groups in total. The van der Waals surface area contributed by atoms with Crippen LogP contribution in [0.25, 0.3) is 0 Å². The molecule has 2 rings (SSSR count). The summed E-state index contributed by atoms with van der Waals surface area (Å²) in [6.45, 7) is 0. The summed E-state index contributed by atoms with van der Waals surface area (Å²) in [7, 11) is 2.79. The first kappa shape index (κ1) is 12.4. The summed E-state index contributed by atoms with van der Waals surface area (Å²) in [5.74, 6) is 0. The SMILES string of the molecule is N#Cc1ncccc1SSc1cccnc1C#N. The molecular weight excluding hydrogens is 264 g/mol. The minimum atomic E-state index is 0.386. The minimum absolute atomic E-state index is 0.386. The monoisotopic (exact) mass is 270 g/mol. The Morgan fingerprint density at radius 1 is 0.833 bits per heavy atom. The number of nitriles is 2. The average Bonchev–Trinajstić information content (AvgIpc) is 2.45. The molecule has 0 amide bonds. The van der Waals surface area contributed by atoms with Crippen LogP contribution in [0.1, 0.15) is 11.4 Å². The Labute approximate surface area is 112 Å². The molecule has 4 nitrogen and oxygen atoms in total. The lowest BCUT2D eigenvalue weighted by Gasteiger charge is -2.02. The Morgan fingerprint density at radius 3 is 1.67 bits per heavy atom. The van der Waals surface area contributed by atoms with Crippen LogP contribution in [0, 0.1) is 22.7 Å². The van der Waals surface area contributed by atoms with Gasteiger partial charge in [-0.15, -0.1) is 0 Å². The fraction of sp³-hybridized carbons (Fsp3) is 0. The van der Waals surface area contributed by atoms with Crippen molar-refractivity contribution >= 4 is 21.6 Å². The van der Waals surface area contributed by atoms with Gasteiger partial charge in [-0.25, -0.2) is 9.97 Å². The zero-order valence-corrected chi connectivity index (χ0v) is 10.7. The van der Waals surface area contributed by atoms with Crippen molar-refractivity contribution in [2.75, 3.05) is 0 Å². The van der Waals surface area contributed by atoms with E-state index in [-0.39, 0.29) is 0 Å². The van der Waals surface area contributed by atoms with Crippen molar-refractivity contribution in [1.82, 2.24) is 9.97 Å². The molecule has 2 aromatic rings. The van der Waals surface area contributed by atoms with Crippen LogP contribution in [0.4, 0.5) is 0 Å². The number of rotatable bonds is 3. The molecule has 0 aliphatic carbocycles. The summed E-state index contributed by atoms with van der Waals surface area (Å²) in [6.07, 6.45) is 3.16. The molecule has 18 heavy (non-hydrogen) atoms. The van der Waals surface area contributed by atoms with Crippen molar-refractivity contribution in [2.24, 2.45) is 0 Å². The van der Waals surface area contributed by atoms with E-state index in [1.54, 1.807) is 24.5 Å². The lowest BCUT2D eigenvalue weighted by molar-refractivity contribution is 1.18. The van der Waals surface area contributed by atoms with E-state index in [0.717, 1.165) is 9.79 Å². The van der Waals surface area contributed by atoms with Gasteiger partial charge in [0.05, 0.1) is 9.79 Å². The summed E-state index contributed by atoms with van der Waals surface area (Å²) in [6, 6.07) is 11.3. The number of hydrogen-bond donors (Lipinski definition) is 0. The maximum absolute atomic E-state index is 8.92. The van der Waals surface area contributed by atoms with E-state index < -0.39 is 0 Å². The molecule has 0 radical (unpaired) electrons. The number of pyridine rings is 2. The van der Waals surface area contributed by atoms with Gasteiger partial charge in [-0.1, -0.05) is 0 Å². The Hall–Kier alpha value is -2.02. The maximum Gasteiger partial charge on any atom is 0.154 e. The van der Waals surface area contributed by atoms with E-state index >= 15 is 0 Å². The van der Waals surface area contributed by atoms with Crippen molar-refractivity contribution in [1.29, 1.82) is 10.5 Å². The minimum Gasteiger partial charge on any atom is -0.244 e. The summed E-state index contributed by atoms with van der Waals surface area (Å²) in [5.41, 5.74) is 0.773. The molecule has 0 atom stereocenters. The molecule has 0 aliphatic rings. The molecule has 0 saturated heterocycles. The van der Waals surface area contributed by atoms with Gasteiger partial charge < -0.3 is 0 Å². The van der Waals surface area contributed by atoms with Gasteiger partial charge in [0.25, 0.3) is 0 Å². The highest BCUT2D eigenvalue weighted by Crippen LogP contribution is 2.39. The zero-order chi connectivity index (χ0) is 12.8. The van der Waals surface area contributed by atoms with Gasteiger partial charge in [-0.3, -0.25) is 0 Å². The van der Waals surface area contributed by atoms with Crippen LogP contribution in [0.5, 0.6) is 0 Å². The molecule has 0 aromatic carbocycles. The first-order valence-electron chi connectivity index (χ1n) is 4.90. The third kappa shape index (κ3) is 2.80. The van der Waals surface area contributed by atoms with Gasteiger partial charge in [0, 0.05) is 12.4 Å². The number of nitrogens with zero attached hydrogens (tertiary/aromatic N) is 4. The van der Waals surface area contributed by atoms with Crippen molar-refractivity contribution in [3.8, 4) is 12.1 Å². The van der Waals surface area contributed by atoms with Crippen LogP contribution < -0.4 is 0 Å². The summed E-state index contributed by atoms with van der Waals surface area (Å²) in [5, 5.41) is 17.8. The van der Waals surface area contributed by atoms with Crippen LogP contribution in [0.2, 0.25) is 0 Å². The van der Waals surface area contributed by atoms with Gasteiger partial charge in [0.1, 0.15) is 12.1 Å². The van der Waals surface area contributed by atoms with E-state index in [2.05, 4.69) is 9.97 Å². The summed E-state index contributed by atoms with van der Waals surface area (Å²) < 4.78 is 0. The van der Waals surface area contributed by atoms with Crippen molar-refractivity contribution in [3.63, 3.8) is 0 Å². The highest BCUT2D eigenvalue weighted by molar-refractivity contribution is 8.76. The van der Waals surface area contributed by atoms with Crippen molar-refractivity contribution < 1.29 is 0 Å². The molecule has 0 fully saturated rings. The molecule has 0 spiro atoms. The third-order valence-corrected chi connectivity index (χ3v) is 4.40. The lowest BCUT2D eigenvalue weighted by Crippen LogP contribution is -1.85. The molecule has 2 heterocycles. The Balaban J connectivity index is 2.18. The van der Waals surface area contributed by atoms with Crippen LogP contribution in [0.15, 0.2) is 46.5 Å². The smallest absolute Gasteiger partial charge is 0.154 e. The zero-order valence-electron chi connectivity index (χ0n) is 9.07. The fourth-order valence-corrected chi connectivity index (χ4v) is 3.32. The maximum atomic E-state index is 8.92. The van der Waals surface area contributed by atoms with Gasteiger partial charge in [0.2, 0.25) is 0 Å². The Bertz CT molecular complexity index is 586. The standard InChI is InChI=1S/C12H6N4S2/c13-7-9-11(3-1-5-15-9)17-18-12-4-2-6-16-10(12)8-14/h1-6H. The molecule has 0 saturated carbocycles. The molecule has 0 aliphatic heterocycles. The molecule has 86 valence electrons. The molecule has 2 aromatic heterocycles. The normalized spacial score (nSPS) is 9.44. The third-order valence-electron chi connectivity index (χ3n) is 1.97. The first-order valence-corrected chi connectivity index (χ1v) is 7.05. The van der Waals surface area contributed by atoms with E-state index in [1.165, 1.54) is 21.6 Å². The lowest BCUT2D eigenvalue weighted by atomic mass is 10.4. The highest BCUT2D eigenvalue weighted by Gasteiger charge is 2.07. The highest BCUT2D eigenvalue weighted by atomic mass is 33.1. The van der Waals surface area contributed by atoms with Gasteiger partial charge >= 0.3 is 0 Å². The second kappa shape index (κ2) is 6.06. The summed E-state index contributed by atoms with van der Waals surface area (Å²) >= 11 is 0. The van der Waals surface area contributed by atoms with E-state index in [0.29, 0.717) is 11.4 Å². The van der Waals surface area contributed by atoms with Crippen LogP contribution >= 0.6 is 21.6 Å². The fourth-order valence-electron chi connectivity index (χ4n) is 1.17. The largest absolute Gasteiger partial charge is 0.244 e. The first-order chi connectivity index (χ1) is 8.85. The predicted molar refractivity (Wildman–Crippen MR) is 69.6 cm³/mol. The Kier molecular flexibility index (Phi) is 4.19. The van der Waals surface area contributed by atoms with E-state index in [4.69, 9.17) is 10.5 Å². The topological polar surface area (TPSA) is 73.4 Å². The van der Waals surface area contributed by atoms with E-state index in [1.807, 2.05) is 24.3 Å². The second-order valence-electron chi connectivity index (χ2n) is 3.09. The van der Waals surface area contributed by atoms with E-state index in [9.17, 15) is 0 Å². The van der Waals surface area contributed by atoms with Crippen molar-refractivity contribution in [2.45, 2.75) is 9.79 Å². The molecule has 0 bridgehead atoms. The second-order valence-corrected chi connectivity index (χ2v) is 5.30. The van der Waals surface area contributed by atoms with Crippen molar-refractivity contribution in [3.05, 3.63) is 48.0 Å².